The van der Waals surface area contributed by atoms with E-state index in [1.54, 1.807) is 22.0 Å². The molecule has 0 saturated carbocycles. The quantitative estimate of drug-likeness (QED) is 0.859. The molecule has 0 aliphatic heterocycles. The number of hydrogen-bond donors (Lipinski definition) is 1. The lowest BCUT2D eigenvalue weighted by Gasteiger charge is -2.28. The summed E-state index contributed by atoms with van der Waals surface area (Å²) in [6.45, 7) is 6.35. The summed E-state index contributed by atoms with van der Waals surface area (Å²) in [5, 5.41) is 4.04. The van der Waals surface area contributed by atoms with Gasteiger partial charge >= 0.3 is 0 Å². The van der Waals surface area contributed by atoms with E-state index in [-0.39, 0.29) is 11.9 Å². The van der Waals surface area contributed by atoms with Crippen LogP contribution in [0.15, 0.2) is 12.4 Å². The Morgan fingerprint density at radius 2 is 2.11 bits per heavy atom. The van der Waals surface area contributed by atoms with Crippen LogP contribution >= 0.6 is 0 Å². The second kappa shape index (κ2) is 6.00. The van der Waals surface area contributed by atoms with Gasteiger partial charge in [0.1, 0.15) is 6.04 Å². The number of amides is 1. The molecule has 18 heavy (non-hydrogen) atoms. The lowest BCUT2D eigenvalue weighted by atomic mass is 10.0. The molecule has 1 rings (SSSR count). The minimum Gasteiger partial charge on any atom is -0.341 e. The van der Waals surface area contributed by atoms with Gasteiger partial charge in [0.15, 0.2) is 0 Å². The Labute approximate surface area is 109 Å². The summed E-state index contributed by atoms with van der Waals surface area (Å²) in [4.78, 5) is 14.0. The number of hydrogen-bond acceptors (Lipinski definition) is 3. The second-order valence-corrected chi connectivity index (χ2v) is 5.35. The zero-order valence-electron chi connectivity index (χ0n) is 11.9. The van der Waals surface area contributed by atoms with Gasteiger partial charge in [0.25, 0.3) is 0 Å². The molecule has 2 atom stereocenters. The molecular formula is C13H24N4O. The minimum atomic E-state index is -0.627. The topological polar surface area (TPSA) is 64.2 Å². The first-order valence-corrected chi connectivity index (χ1v) is 6.33. The highest BCUT2D eigenvalue weighted by atomic mass is 16.2. The summed E-state index contributed by atoms with van der Waals surface area (Å²) in [5.41, 5.74) is 6.73. The maximum atomic E-state index is 12.2. The summed E-state index contributed by atoms with van der Waals surface area (Å²) < 4.78 is 1.65. The van der Waals surface area contributed by atoms with Crippen LogP contribution in [0.5, 0.6) is 0 Å². The Morgan fingerprint density at radius 3 is 2.56 bits per heavy atom. The standard InChI is InChI=1S/C13H24N4O/c1-9(2)6-10(3)17(5)13(18)12(14)11-7-15-16(4)8-11/h7-10,12H,6,14H2,1-5H3. The van der Waals surface area contributed by atoms with E-state index in [2.05, 4.69) is 18.9 Å². The fraction of sp³-hybridized carbons (Fsp3) is 0.692. The molecule has 2 unspecified atom stereocenters. The van der Waals surface area contributed by atoms with Crippen LogP contribution in [-0.4, -0.2) is 33.7 Å². The molecular weight excluding hydrogens is 228 g/mol. The number of nitrogens with zero attached hydrogens (tertiary/aromatic N) is 3. The Hall–Kier alpha value is -1.36. The van der Waals surface area contributed by atoms with E-state index < -0.39 is 6.04 Å². The maximum Gasteiger partial charge on any atom is 0.244 e. The van der Waals surface area contributed by atoms with Crippen molar-refractivity contribution in [2.75, 3.05) is 7.05 Å². The molecule has 1 heterocycles. The molecule has 0 bridgehead atoms. The highest BCUT2D eigenvalue weighted by Crippen LogP contribution is 2.16. The van der Waals surface area contributed by atoms with E-state index >= 15 is 0 Å². The Balaban J connectivity index is 2.68. The molecule has 5 heteroatoms. The molecule has 2 N–H and O–H groups in total. The molecule has 0 radical (unpaired) electrons. The van der Waals surface area contributed by atoms with Crippen LogP contribution in [0, 0.1) is 5.92 Å². The first kappa shape index (κ1) is 14.7. The number of rotatable bonds is 5. The van der Waals surface area contributed by atoms with Crippen LogP contribution in [0.25, 0.3) is 0 Å². The third-order valence-corrected chi connectivity index (χ3v) is 3.17. The average Bonchev–Trinajstić information content (AvgIpc) is 2.72. The van der Waals surface area contributed by atoms with Crippen LogP contribution in [0.1, 0.15) is 38.8 Å². The number of likely N-dealkylation sites (N-methyl/N-ethyl adjacent to an activating group) is 1. The van der Waals surface area contributed by atoms with Gasteiger partial charge in [-0.05, 0) is 19.3 Å². The molecule has 0 aromatic carbocycles. The zero-order chi connectivity index (χ0) is 13.9. The van der Waals surface area contributed by atoms with Crippen molar-refractivity contribution in [2.24, 2.45) is 18.7 Å². The van der Waals surface area contributed by atoms with Crippen molar-refractivity contribution in [3.63, 3.8) is 0 Å². The summed E-state index contributed by atoms with van der Waals surface area (Å²) in [7, 11) is 3.62. The van der Waals surface area contributed by atoms with Gasteiger partial charge in [0, 0.05) is 31.9 Å². The van der Waals surface area contributed by atoms with Crippen molar-refractivity contribution in [3.05, 3.63) is 18.0 Å². The first-order chi connectivity index (χ1) is 8.32. The summed E-state index contributed by atoms with van der Waals surface area (Å²) in [6.07, 6.45) is 4.40. The second-order valence-electron chi connectivity index (χ2n) is 5.35. The number of carbonyl (C=O) groups is 1. The van der Waals surface area contributed by atoms with Gasteiger partial charge in [-0.25, -0.2) is 0 Å². The number of carbonyl (C=O) groups excluding carboxylic acids is 1. The van der Waals surface area contributed by atoms with Gasteiger partial charge in [-0.15, -0.1) is 0 Å². The van der Waals surface area contributed by atoms with Gasteiger partial charge in [0.05, 0.1) is 6.20 Å². The van der Waals surface area contributed by atoms with E-state index in [1.807, 2.05) is 21.0 Å². The third-order valence-electron chi connectivity index (χ3n) is 3.17. The molecule has 5 nitrogen and oxygen atoms in total. The van der Waals surface area contributed by atoms with E-state index in [4.69, 9.17) is 5.73 Å². The number of aromatic nitrogens is 2. The highest BCUT2D eigenvalue weighted by Gasteiger charge is 2.24. The Bertz CT molecular complexity index is 399. The lowest BCUT2D eigenvalue weighted by Crippen LogP contribution is -2.41. The molecule has 0 aliphatic rings. The molecule has 0 aliphatic carbocycles. The van der Waals surface area contributed by atoms with E-state index in [0.717, 1.165) is 12.0 Å². The normalized spacial score (nSPS) is 14.6. The maximum absolute atomic E-state index is 12.2. The smallest absolute Gasteiger partial charge is 0.244 e. The van der Waals surface area contributed by atoms with Crippen LogP contribution < -0.4 is 5.73 Å². The van der Waals surface area contributed by atoms with Crippen LogP contribution in [0.2, 0.25) is 0 Å². The molecule has 1 amide bonds. The lowest BCUT2D eigenvalue weighted by molar-refractivity contribution is -0.133. The first-order valence-electron chi connectivity index (χ1n) is 6.33. The van der Waals surface area contributed by atoms with E-state index in [9.17, 15) is 4.79 Å². The van der Waals surface area contributed by atoms with E-state index in [0.29, 0.717) is 5.92 Å². The largest absolute Gasteiger partial charge is 0.341 e. The van der Waals surface area contributed by atoms with Crippen molar-refractivity contribution in [1.29, 1.82) is 0 Å². The number of aryl methyl sites for hydroxylation is 1. The molecule has 0 spiro atoms. The average molecular weight is 252 g/mol. The van der Waals surface area contributed by atoms with Crippen molar-refractivity contribution >= 4 is 5.91 Å². The van der Waals surface area contributed by atoms with Crippen LogP contribution in [0.3, 0.4) is 0 Å². The molecule has 1 aromatic rings. The van der Waals surface area contributed by atoms with Crippen molar-refractivity contribution in [1.82, 2.24) is 14.7 Å². The monoisotopic (exact) mass is 252 g/mol. The SMILES string of the molecule is CC(C)CC(C)N(C)C(=O)C(N)c1cnn(C)c1. The van der Waals surface area contributed by atoms with Crippen molar-refractivity contribution in [3.8, 4) is 0 Å². The zero-order valence-corrected chi connectivity index (χ0v) is 11.9. The van der Waals surface area contributed by atoms with Crippen LogP contribution in [0.4, 0.5) is 0 Å². The molecule has 1 aromatic heterocycles. The fourth-order valence-electron chi connectivity index (χ4n) is 2.02. The summed E-state index contributed by atoms with van der Waals surface area (Å²) in [6, 6.07) is -0.432. The van der Waals surface area contributed by atoms with Gasteiger partial charge in [-0.2, -0.15) is 5.10 Å². The van der Waals surface area contributed by atoms with Gasteiger partial charge in [-0.3, -0.25) is 9.48 Å². The van der Waals surface area contributed by atoms with Crippen LogP contribution in [-0.2, 0) is 11.8 Å². The Kier molecular flexibility index (Phi) is 4.90. The van der Waals surface area contributed by atoms with E-state index in [1.165, 1.54) is 0 Å². The molecule has 0 fully saturated rings. The minimum absolute atomic E-state index is 0.0591. The Morgan fingerprint density at radius 1 is 1.50 bits per heavy atom. The van der Waals surface area contributed by atoms with Crippen molar-refractivity contribution < 1.29 is 4.79 Å². The molecule has 102 valence electrons. The predicted molar refractivity (Wildman–Crippen MR) is 71.8 cm³/mol. The summed E-state index contributed by atoms with van der Waals surface area (Å²) in [5.74, 6) is 0.501. The van der Waals surface area contributed by atoms with Gasteiger partial charge < -0.3 is 10.6 Å². The highest BCUT2D eigenvalue weighted by molar-refractivity contribution is 5.82. The summed E-state index contributed by atoms with van der Waals surface area (Å²) >= 11 is 0. The van der Waals surface area contributed by atoms with Gasteiger partial charge in [-0.1, -0.05) is 13.8 Å². The fourth-order valence-corrected chi connectivity index (χ4v) is 2.02. The predicted octanol–water partition coefficient (Wildman–Crippen LogP) is 1.31. The van der Waals surface area contributed by atoms with Crippen molar-refractivity contribution in [2.45, 2.75) is 39.3 Å². The van der Waals surface area contributed by atoms with Gasteiger partial charge in [0.2, 0.25) is 5.91 Å². The number of nitrogens with two attached hydrogens (primary N) is 1. The third kappa shape index (κ3) is 3.57. The molecule has 0 saturated heterocycles.